The first kappa shape index (κ1) is 12.2. The SMILES string of the molecule is Cc1noc(CCNCC(O)c2cccs2)n1. The van der Waals surface area contributed by atoms with Gasteiger partial charge in [-0.25, -0.2) is 0 Å². The minimum atomic E-state index is -0.445. The standard InChI is InChI=1S/C11H15N3O2S/c1-8-13-11(16-14-8)4-5-12-7-9(15)10-3-2-6-17-10/h2-3,6,9,12,15H,4-5,7H2,1H3. The Bertz CT molecular complexity index is 441. The molecule has 1 atom stereocenters. The quantitative estimate of drug-likeness (QED) is 0.759. The molecular weight excluding hydrogens is 238 g/mol. The van der Waals surface area contributed by atoms with E-state index in [1.54, 1.807) is 18.3 Å². The topological polar surface area (TPSA) is 71.2 Å². The average Bonchev–Trinajstić information content (AvgIpc) is 2.95. The van der Waals surface area contributed by atoms with Gasteiger partial charge in [-0.3, -0.25) is 0 Å². The highest BCUT2D eigenvalue weighted by molar-refractivity contribution is 7.10. The van der Waals surface area contributed by atoms with Crippen molar-refractivity contribution in [3.63, 3.8) is 0 Å². The molecule has 2 rings (SSSR count). The van der Waals surface area contributed by atoms with Crippen LogP contribution >= 0.6 is 11.3 Å². The molecule has 0 amide bonds. The number of aliphatic hydroxyl groups excluding tert-OH is 1. The smallest absolute Gasteiger partial charge is 0.227 e. The Kier molecular flexibility index (Phi) is 4.24. The molecule has 0 saturated carbocycles. The predicted octanol–water partition coefficient (Wildman–Crippen LogP) is 1.31. The van der Waals surface area contributed by atoms with Crippen LogP contribution in [0.25, 0.3) is 0 Å². The number of nitrogens with zero attached hydrogens (tertiary/aromatic N) is 2. The van der Waals surface area contributed by atoms with Crippen LogP contribution < -0.4 is 5.32 Å². The second kappa shape index (κ2) is 5.90. The molecule has 17 heavy (non-hydrogen) atoms. The number of aliphatic hydroxyl groups is 1. The number of thiophene rings is 1. The molecule has 0 aliphatic heterocycles. The largest absolute Gasteiger partial charge is 0.386 e. The highest BCUT2D eigenvalue weighted by Gasteiger charge is 2.08. The first-order valence-electron chi connectivity index (χ1n) is 5.47. The first-order chi connectivity index (χ1) is 8.25. The zero-order valence-corrected chi connectivity index (χ0v) is 10.4. The minimum Gasteiger partial charge on any atom is -0.386 e. The van der Waals surface area contributed by atoms with Gasteiger partial charge in [0.05, 0.1) is 0 Å². The summed E-state index contributed by atoms with van der Waals surface area (Å²) >= 11 is 1.56. The van der Waals surface area contributed by atoms with Crippen LogP contribution in [0, 0.1) is 6.92 Å². The molecule has 2 aromatic rings. The van der Waals surface area contributed by atoms with Crippen molar-refractivity contribution in [3.8, 4) is 0 Å². The molecule has 0 saturated heterocycles. The fourth-order valence-corrected chi connectivity index (χ4v) is 2.17. The second-order valence-corrected chi connectivity index (χ2v) is 4.70. The van der Waals surface area contributed by atoms with Gasteiger partial charge in [0, 0.05) is 24.4 Å². The van der Waals surface area contributed by atoms with E-state index in [2.05, 4.69) is 15.5 Å². The van der Waals surface area contributed by atoms with E-state index >= 15 is 0 Å². The van der Waals surface area contributed by atoms with Crippen LogP contribution in [0.2, 0.25) is 0 Å². The van der Waals surface area contributed by atoms with E-state index < -0.39 is 6.10 Å². The van der Waals surface area contributed by atoms with Crippen LogP contribution in [0.3, 0.4) is 0 Å². The summed E-state index contributed by atoms with van der Waals surface area (Å²) in [7, 11) is 0. The van der Waals surface area contributed by atoms with Gasteiger partial charge in [0.15, 0.2) is 5.82 Å². The lowest BCUT2D eigenvalue weighted by molar-refractivity contribution is 0.178. The lowest BCUT2D eigenvalue weighted by Gasteiger charge is -2.08. The first-order valence-corrected chi connectivity index (χ1v) is 6.35. The molecule has 92 valence electrons. The molecule has 0 radical (unpaired) electrons. The van der Waals surface area contributed by atoms with Crippen LogP contribution in [0.1, 0.15) is 22.7 Å². The van der Waals surface area contributed by atoms with Crippen LogP contribution in [0.4, 0.5) is 0 Å². The Morgan fingerprint density at radius 2 is 2.47 bits per heavy atom. The molecule has 5 nitrogen and oxygen atoms in total. The summed E-state index contributed by atoms with van der Waals surface area (Å²) in [5, 5.41) is 18.6. The predicted molar refractivity (Wildman–Crippen MR) is 64.9 cm³/mol. The third-order valence-corrected chi connectivity index (χ3v) is 3.27. The van der Waals surface area contributed by atoms with Gasteiger partial charge in [0.25, 0.3) is 0 Å². The van der Waals surface area contributed by atoms with Crippen molar-refractivity contribution in [1.29, 1.82) is 0 Å². The number of hydrogen-bond acceptors (Lipinski definition) is 6. The summed E-state index contributed by atoms with van der Waals surface area (Å²) in [6.45, 7) is 3.04. The van der Waals surface area contributed by atoms with Gasteiger partial charge in [-0.1, -0.05) is 11.2 Å². The molecule has 2 aromatic heterocycles. The molecule has 0 aliphatic rings. The normalized spacial score (nSPS) is 12.8. The minimum absolute atomic E-state index is 0.445. The summed E-state index contributed by atoms with van der Waals surface area (Å²) < 4.78 is 4.98. The summed E-state index contributed by atoms with van der Waals surface area (Å²) in [6.07, 6.45) is 0.234. The van der Waals surface area contributed by atoms with Gasteiger partial charge in [-0.05, 0) is 18.4 Å². The zero-order valence-electron chi connectivity index (χ0n) is 9.59. The molecule has 0 aliphatic carbocycles. The fraction of sp³-hybridized carbons (Fsp3) is 0.455. The van der Waals surface area contributed by atoms with E-state index in [-0.39, 0.29) is 0 Å². The number of aromatic nitrogens is 2. The van der Waals surface area contributed by atoms with E-state index in [1.165, 1.54) is 0 Å². The average molecular weight is 253 g/mol. The molecule has 0 aromatic carbocycles. The van der Waals surface area contributed by atoms with E-state index in [0.717, 1.165) is 4.88 Å². The molecule has 1 unspecified atom stereocenters. The van der Waals surface area contributed by atoms with Crippen LogP contribution in [-0.4, -0.2) is 28.3 Å². The molecule has 0 bridgehead atoms. The monoisotopic (exact) mass is 253 g/mol. The molecule has 0 spiro atoms. The Morgan fingerprint density at radius 1 is 1.59 bits per heavy atom. The summed E-state index contributed by atoms with van der Waals surface area (Å²) in [4.78, 5) is 5.08. The lowest BCUT2D eigenvalue weighted by Crippen LogP contribution is -2.23. The van der Waals surface area contributed by atoms with Gasteiger partial charge in [0.1, 0.15) is 6.10 Å². The Morgan fingerprint density at radius 3 is 3.12 bits per heavy atom. The van der Waals surface area contributed by atoms with E-state index in [1.807, 2.05) is 17.5 Å². The summed E-state index contributed by atoms with van der Waals surface area (Å²) in [5.41, 5.74) is 0. The van der Waals surface area contributed by atoms with Crippen LogP contribution in [-0.2, 0) is 6.42 Å². The van der Waals surface area contributed by atoms with Gasteiger partial charge < -0.3 is 14.9 Å². The maximum Gasteiger partial charge on any atom is 0.227 e. The number of hydrogen-bond donors (Lipinski definition) is 2. The fourth-order valence-electron chi connectivity index (χ4n) is 1.46. The maximum absolute atomic E-state index is 9.81. The number of rotatable bonds is 6. The summed E-state index contributed by atoms with van der Waals surface area (Å²) in [6, 6.07) is 3.86. The van der Waals surface area contributed by atoms with E-state index in [9.17, 15) is 5.11 Å². The summed E-state index contributed by atoms with van der Waals surface area (Å²) in [5.74, 6) is 1.28. The van der Waals surface area contributed by atoms with Gasteiger partial charge in [-0.2, -0.15) is 4.98 Å². The van der Waals surface area contributed by atoms with Crippen molar-refractivity contribution in [1.82, 2.24) is 15.5 Å². The van der Waals surface area contributed by atoms with Gasteiger partial charge >= 0.3 is 0 Å². The van der Waals surface area contributed by atoms with Crippen molar-refractivity contribution in [2.75, 3.05) is 13.1 Å². The number of aryl methyl sites for hydroxylation is 1. The highest BCUT2D eigenvalue weighted by atomic mass is 32.1. The Labute approximate surface area is 103 Å². The number of nitrogens with one attached hydrogen (secondary N) is 1. The van der Waals surface area contributed by atoms with Crippen molar-refractivity contribution in [2.24, 2.45) is 0 Å². The third-order valence-electron chi connectivity index (χ3n) is 2.29. The maximum atomic E-state index is 9.81. The van der Waals surface area contributed by atoms with E-state index in [0.29, 0.717) is 31.2 Å². The van der Waals surface area contributed by atoms with Crippen molar-refractivity contribution in [2.45, 2.75) is 19.4 Å². The third kappa shape index (κ3) is 3.62. The highest BCUT2D eigenvalue weighted by Crippen LogP contribution is 2.17. The van der Waals surface area contributed by atoms with E-state index in [4.69, 9.17) is 4.52 Å². The van der Waals surface area contributed by atoms with Gasteiger partial charge in [0.2, 0.25) is 5.89 Å². The molecule has 0 fully saturated rings. The lowest BCUT2D eigenvalue weighted by atomic mass is 10.3. The van der Waals surface area contributed by atoms with Gasteiger partial charge in [-0.15, -0.1) is 11.3 Å². The molecule has 6 heteroatoms. The van der Waals surface area contributed by atoms with Crippen molar-refractivity contribution >= 4 is 11.3 Å². The van der Waals surface area contributed by atoms with Crippen molar-refractivity contribution < 1.29 is 9.63 Å². The van der Waals surface area contributed by atoms with Crippen LogP contribution in [0.15, 0.2) is 22.0 Å². The molecule has 2 N–H and O–H groups in total. The Hall–Kier alpha value is -1.24. The molecule has 2 heterocycles. The zero-order chi connectivity index (χ0) is 12.1. The Balaban J connectivity index is 1.66. The second-order valence-electron chi connectivity index (χ2n) is 3.72. The van der Waals surface area contributed by atoms with Crippen LogP contribution in [0.5, 0.6) is 0 Å². The molecular formula is C11H15N3O2S. The van der Waals surface area contributed by atoms with Crippen molar-refractivity contribution in [3.05, 3.63) is 34.1 Å².